The monoisotopic (exact) mass is 165 g/mol. The Morgan fingerprint density at radius 3 is 2.44 bits per heavy atom. The lowest BCUT2D eigenvalue weighted by Crippen LogP contribution is -2.08. The molecular weight excluding hydrogens is 150 g/mol. The minimum absolute atomic E-state index is 1.13. The van der Waals surface area contributed by atoms with E-state index in [9.17, 15) is 0 Å². The highest BCUT2D eigenvalue weighted by Crippen LogP contribution is 2.20. The third-order valence-corrected chi connectivity index (χ3v) is 3.42. The smallest absolute Gasteiger partial charge is 0.0162 e. The molecule has 0 heterocycles. The van der Waals surface area contributed by atoms with E-state index in [1.165, 1.54) is 17.9 Å². The van der Waals surface area contributed by atoms with E-state index in [4.69, 9.17) is 0 Å². The summed E-state index contributed by atoms with van der Waals surface area (Å²) in [6.07, 6.45) is 1.29. The average Bonchev–Trinajstić information content (AvgIpc) is 1.89. The number of hydrogen-bond acceptors (Lipinski definition) is 3. The fourth-order valence-corrected chi connectivity index (χ4v) is 2.49. The van der Waals surface area contributed by atoms with Crippen LogP contribution in [0.1, 0.15) is 13.3 Å². The molecule has 56 valence electrons. The van der Waals surface area contributed by atoms with Gasteiger partial charge in [0, 0.05) is 18.1 Å². The highest BCUT2D eigenvalue weighted by molar-refractivity contribution is 8.76. The van der Waals surface area contributed by atoms with E-state index in [2.05, 4.69) is 12.2 Å². The van der Waals surface area contributed by atoms with Gasteiger partial charge in [0.25, 0.3) is 0 Å². The van der Waals surface area contributed by atoms with Gasteiger partial charge in [-0.05, 0) is 13.5 Å². The summed E-state index contributed by atoms with van der Waals surface area (Å²) in [6, 6.07) is 0. The maximum atomic E-state index is 3.11. The lowest BCUT2D eigenvalue weighted by atomic mass is 10.6. The highest BCUT2D eigenvalue weighted by Gasteiger charge is 1.85. The molecule has 0 unspecified atom stereocenters. The molecule has 0 aliphatic rings. The molecule has 0 aromatic carbocycles. The molecule has 0 radical (unpaired) electrons. The van der Waals surface area contributed by atoms with Crippen molar-refractivity contribution >= 4 is 21.6 Å². The van der Waals surface area contributed by atoms with Gasteiger partial charge in [-0.25, -0.2) is 0 Å². The Balaban J connectivity index is 2.60. The molecule has 0 fully saturated rings. The Kier molecular flexibility index (Phi) is 9.30. The molecule has 0 aliphatic carbocycles. The largest absolute Gasteiger partial charge is 0.319 e. The van der Waals surface area contributed by atoms with Crippen molar-refractivity contribution in [2.24, 2.45) is 0 Å². The summed E-state index contributed by atoms with van der Waals surface area (Å²) in [7, 11) is 5.92. The van der Waals surface area contributed by atoms with E-state index < -0.39 is 0 Å². The third kappa shape index (κ3) is 8.66. The van der Waals surface area contributed by atoms with Crippen molar-refractivity contribution in [2.75, 3.05) is 25.1 Å². The first kappa shape index (κ1) is 9.66. The molecule has 9 heavy (non-hydrogen) atoms. The number of rotatable bonds is 6. The normalized spacial score (nSPS) is 10.0. The fraction of sp³-hybridized carbons (Fsp3) is 1.00. The third-order valence-electron chi connectivity index (χ3n) is 0.806. The maximum Gasteiger partial charge on any atom is 0.0162 e. The summed E-state index contributed by atoms with van der Waals surface area (Å²) in [4.78, 5) is 0. The Morgan fingerprint density at radius 1 is 1.22 bits per heavy atom. The van der Waals surface area contributed by atoms with Gasteiger partial charge in [-0.1, -0.05) is 28.5 Å². The van der Waals surface area contributed by atoms with E-state index in [0.717, 1.165) is 6.54 Å². The predicted octanol–water partition coefficient (Wildman–Crippen LogP) is 2.00. The van der Waals surface area contributed by atoms with Gasteiger partial charge in [-0.15, -0.1) is 0 Å². The van der Waals surface area contributed by atoms with Crippen LogP contribution in [-0.2, 0) is 0 Å². The minimum atomic E-state index is 1.13. The summed E-state index contributed by atoms with van der Waals surface area (Å²) in [5.74, 6) is 2.51. The first-order valence-electron chi connectivity index (χ1n) is 3.30. The quantitative estimate of drug-likeness (QED) is 0.477. The summed E-state index contributed by atoms with van der Waals surface area (Å²) < 4.78 is 0. The van der Waals surface area contributed by atoms with Crippen LogP contribution in [-0.4, -0.2) is 25.1 Å². The van der Waals surface area contributed by atoms with Gasteiger partial charge in [0.15, 0.2) is 0 Å². The van der Waals surface area contributed by atoms with Crippen molar-refractivity contribution in [1.82, 2.24) is 5.32 Å². The molecule has 0 aromatic heterocycles. The van der Waals surface area contributed by atoms with Crippen molar-refractivity contribution in [3.63, 3.8) is 0 Å². The van der Waals surface area contributed by atoms with Gasteiger partial charge >= 0.3 is 0 Å². The van der Waals surface area contributed by atoms with Gasteiger partial charge < -0.3 is 5.32 Å². The molecule has 1 N–H and O–H groups in total. The number of nitrogens with one attached hydrogen (secondary N) is 1. The van der Waals surface area contributed by atoms with Crippen molar-refractivity contribution in [1.29, 1.82) is 0 Å². The van der Waals surface area contributed by atoms with Gasteiger partial charge in [0.2, 0.25) is 0 Å². The van der Waals surface area contributed by atoms with Crippen LogP contribution in [0.3, 0.4) is 0 Å². The minimum Gasteiger partial charge on any atom is -0.319 e. The van der Waals surface area contributed by atoms with E-state index >= 15 is 0 Å². The lowest BCUT2D eigenvalue weighted by Gasteiger charge is -1.96. The summed E-state index contributed by atoms with van der Waals surface area (Å²) in [5.41, 5.74) is 0. The van der Waals surface area contributed by atoms with Crippen molar-refractivity contribution in [2.45, 2.75) is 13.3 Å². The molecule has 0 aromatic rings. The standard InChI is InChI=1S/C6H15NS2/c1-3-5-8-9-6-4-7-2/h7H,3-6H2,1-2H3. The predicted molar refractivity (Wildman–Crippen MR) is 49.1 cm³/mol. The van der Waals surface area contributed by atoms with Crippen LogP contribution in [0.25, 0.3) is 0 Å². The second kappa shape index (κ2) is 8.66. The molecule has 0 atom stereocenters. The van der Waals surface area contributed by atoms with Crippen LogP contribution >= 0.6 is 21.6 Å². The Bertz CT molecular complexity index is 44.3. The first-order chi connectivity index (χ1) is 4.41. The van der Waals surface area contributed by atoms with Gasteiger partial charge in [-0.3, -0.25) is 0 Å². The molecule has 0 rings (SSSR count). The van der Waals surface area contributed by atoms with E-state index in [-0.39, 0.29) is 0 Å². The number of hydrogen-bond donors (Lipinski definition) is 1. The van der Waals surface area contributed by atoms with Crippen LogP contribution in [0.15, 0.2) is 0 Å². The molecular formula is C6H15NS2. The second-order valence-electron chi connectivity index (χ2n) is 1.75. The zero-order chi connectivity index (χ0) is 6.95. The lowest BCUT2D eigenvalue weighted by molar-refractivity contribution is 0.873. The van der Waals surface area contributed by atoms with E-state index in [1.54, 1.807) is 0 Å². The molecule has 0 aliphatic heterocycles. The average molecular weight is 165 g/mol. The second-order valence-corrected chi connectivity index (χ2v) is 4.45. The summed E-state index contributed by atoms with van der Waals surface area (Å²) in [6.45, 7) is 3.34. The van der Waals surface area contributed by atoms with Gasteiger partial charge in [-0.2, -0.15) is 0 Å². The van der Waals surface area contributed by atoms with Crippen molar-refractivity contribution in [3.8, 4) is 0 Å². The Hall–Kier alpha value is 0.660. The SMILES string of the molecule is CCCSSCCNC. The zero-order valence-corrected chi connectivity index (χ0v) is 7.78. The molecule has 0 amide bonds. The topological polar surface area (TPSA) is 12.0 Å². The van der Waals surface area contributed by atoms with Crippen LogP contribution in [0.2, 0.25) is 0 Å². The van der Waals surface area contributed by atoms with Gasteiger partial charge in [0.05, 0.1) is 0 Å². The highest BCUT2D eigenvalue weighted by atomic mass is 33.1. The summed E-state index contributed by atoms with van der Waals surface area (Å²) >= 11 is 0. The summed E-state index contributed by atoms with van der Waals surface area (Å²) in [5, 5.41) is 3.11. The van der Waals surface area contributed by atoms with Crippen molar-refractivity contribution < 1.29 is 0 Å². The molecule has 3 heteroatoms. The van der Waals surface area contributed by atoms with Crippen molar-refractivity contribution in [3.05, 3.63) is 0 Å². The first-order valence-corrected chi connectivity index (χ1v) is 5.79. The molecule has 1 nitrogen and oxygen atoms in total. The Morgan fingerprint density at radius 2 is 1.89 bits per heavy atom. The zero-order valence-electron chi connectivity index (χ0n) is 6.14. The van der Waals surface area contributed by atoms with E-state index in [1.807, 2.05) is 28.6 Å². The molecule has 0 spiro atoms. The van der Waals surface area contributed by atoms with Crippen LogP contribution in [0.4, 0.5) is 0 Å². The maximum absolute atomic E-state index is 3.11. The Labute approximate surface area is 65.8 Å². The molecule has 0 saturated carbocycles. The van der Waals surface area contributed by atoms with Crippen LogP contribution < -0.4 is 5.32 Å². The van der Waals surface area contributed by atoms with Crippen LogP contribution in [0, 0.1) is 0 Å². The molecule has 0 bridgehead atoms. The fourth-order valence-electron chi connectivity index (χ4n) is 0.345. The van der Waals surface area contributed by atoms with Gasteiger partial charge in [0.1, 0.15) is 0 Å². The van der Waals surface area contributed by atoms with E-state index in [0.29, 0.717) is 0 Å². The molecule has 0 saturated heterocycles. The van der Waals surface area contributed by atoms with Crippen LogP contribution in [0.5, 0.6) is 0 Å².